The number of carbonyl (C=O) groups excluding carboxylic acids is 1. The Hall–Kier alpha value is -1.26. The molecule has 2 amide bonds. The lowest BCUT2D eigenvalue weighted by Crippen LogP contribution is -2.39. The van der Waals surface area contributed by atoms with Crippen molar-refractivity contribution in [3.63, 3.8) is 0 Å². The van der Waals surface area contributed by atoms with Crippen LogP contribution in [0.25, 0.3) is 0 Å². The molecular weight excluding hydrogens is 172 g/mol. The van der Waals surface area contributed by atoms with Crippen LogP contribution < -0.4 is 10.6 Å². The van der Waals surface area contributed by atoms with Gasteiger partial charge < -0.3 is 15.7 Å². The molecule has 13 heavy (non-hydrogen) atoms. The number of carboxylic acids is 1. The van der Waals surface area contributed by atoms with Crippen LogP contribution in [0.5, 0.6) is 0 Å². The van der Waals surface area contributed by atoms with E-state index in [2.05, 4.69) is 10.6 Å². The zero-order valence-corrected chi connectivity index (χ0v) is 7.54. The van der Waals surface area contributed by atoms with Gasteiger partial charge in [0, 0.05) is 13.1 Å². The SMILES string of the molecule is CNC(=O)N[C@@H]1CC[C@H](C(=O)O)C1. The number of carbonyl (C=O) groups is 2. The number of rotatable bonds is 2. The first-order chi connectivity index (χ1) is 6.13. The van der Waals surface area contributed by atoms with Crippen LogP contribution in [-0.2, 0) is 4.79 Å². The Morgan fingerprint density at radius 1 is 1.38 bits per heavy atom. The van der Waals surface area contributed by atoms with E-state index in [1.54, 1.807) is 7.05 Å². The molecule has 5 nitrogen and oxygen atoms in total. The summed E-state index contributed by atoms with van der Waals surface area (Å²) in [7, 11) is 1.54. The summed E-state index contributed by atoms with van der Waals surface area (Å²) in [6.45, 7) is 0. The minimum absolute atomic E-state index is 0.0149. The number of nitrogens with one attached hydrogen (secondary N) is 2. The summed E-state index contributed by atoms with van der Waals surface area (Å²) in [5.74, 6) is -1.05. The third-order valence-corrected chi connectivity index (χ3v) is 2.34. The average molecular weight is 186 g/mol. The Morgan fingerprint density at radius 3 is 2.54 bits per heavy atom. The van der Waals surface area contributed by atoms with Gasteiger partial charge in [0.15, 0.2) is 0 Å². The minimum Gasteiger partial charge on any atom is -0.481 e. The Kier molecular flexibility index (Phi) is 3.11. The fourth-order valence-corrected chi connectivity index (χ4v) is 1.59. The van der Waals surface area contributed by atoms with Crippen LogP contribution in [0.4, 0.5) is 4.79 Å². The molecule has 1 saturated carbocycles. The van der Waals surface area contributed by atoms with Gasteiger partial charge in [-0.2, -0.15) is 0 Å². The molecule has 2 atom stereocenters. The molecule has 0 spiro atoms. The van der Waals surface area contributed by atoms with Gasteiger partial charge in [-0.25, -0.2) is 4.79 Å². The standard InChI is InChI=1S/C8H14N2O3/c1-9-8(13)10-6-3-2-5(4-6)7(11)12/h5-6H,2-4H2,1H3,(H,11,12)(H2,9,10,13)/t5-,6+/m0/s1. The van der Waals surface area contributed by atoms with Gasteiger partial charge in [0.05, 0.1) is 5.92 Å². The van der Waals surface area contributed by atoms with E-state index in [1.165, 1.54) is 0 Å². The monoisotopic (exact) mass is 186 g/mol. The smallest absolute Gasteiger partial charge is 0.314 e. The van der Waals surface area contributed by atoms with E-state index >= 15 is 0 Å². The zero-order valence-electron chi connectivity index (χ0n) is 7.54. The van der Waals surface area contributed by atoms with Gasteiger partial charge in [0.25, 0.3) is 0 Å². The van der Waals surface area contributed by atoms with Crippen molar-refractivity contribution in [1.29, 1.82) is 0 Å². The van der Waals surface area contributed by atoms with Crippen LogP contribution in [0.1, 0.15) is 19.3 Å². The molecule has 0 aliphatic heterocycles. The lowest BCUT2D eigenvalue weighted by Gasteiger charge is -2.11. The number of hydrogen-bond donors (Lipinski definition) is 3. The minimum atomic E-state index is -0.763. The second kappa shape index (κ2) is 4.11. The Labute approximate surface area is 76.5 Å². The van der Waals surface area contributed by atoms with E-state index in [4.69, 9.17) is 5.11 Å². The Balaban J connectivity index is 2.33. The highest BCUT2D eigenvalue weighted by Gasteiger charge is 2.30. The number of amides is 2. The summed E-state index contributed by atoms with van der Waals surface area (Å²) in [5.41, 5.74) is 0. The van der Waals surface area contributed by atoms with Crippen LogP contribution in [0.3, 0.4) is 0 Å². The summed E-state index contributed by atoms with van der Waals surface area (Å²) >= 11 is 0. The molecule has 0 aromatic carbocycles. The van der Waals surface area contributed by atoms with E-state index in [0.717, 1.165) is 6.42 Å². The third kappa shape index (κ3) is 2.61. The first kappa shape index (κ1) is 9.83. The van der Waals surface area contributed by atoms with E-state index in [0.29, 0.717) is 12.8 Å². The van der Waals surface area contributed by atoms with Crippen molar-refractivity contribution in [1.82, 2.24) is 10.6 Å². The van der Waals surface area contributed by atoms with Gasteiger partial charge in [-0.05, 0) is 19.3 Å². The molecule has 0 unspecified atom stereocenters. The van der Waals surface area contributed by atoms with Crippen molar-refractivity contribution >= 4 is 12.0 Å². The van der Waals surface area contributed by atoms with Gasteiger partial charge >= 0.3 is 12.0 Å². The van der Waals surface area contributed by atoms with Crippen molar-refractivity contribution in [3.8, 4) is 0 Å². The molecule has 1 aliphatic carbocycles. The van der Waals surface area contributed by atoms with E-state index in [-0.39, 0.29) is 18.0 Å². The van der Waals surface area contributed by atoms with Crippen molar-refractivity contribution in [2.75, 3.05) is 7.05 Å². The fraction of sp³-hybridized carbons (Fsp3) is 0.750. The molecule has 74 valence electrons. The number of aliphatic carboxylic acids is 1. The first-order valence-corrected chi connectivity index (χ1v) is 4.34. The van der Waals surface area contributed by atoms with Crippen LogP contribution in [0, 0.1) is 5.92 Å². The second-order valence-electron chi connectivity index (χ2n) is 3.27. The maximum Gasteiger partial charge on any atom is 0.314 e. The topological polar surface area (TPSA) is 78.4 Å². The normalized spacial score (nSPS) is 26.8. The molecule has 5 heteroatoms. The molecule has 0 aromatic heterocycles. The molecule has 1 rings (SSSR count). The van der Waals surface area contributed by atoms with Crippen LogP contribution in [0.2, 0.25) is 0 Å². The summed E-state index contributed by atoms with van der Waals surface area (Å²) < 4.78 is 0. The number of hydrogen-bond acceptors (Lipinski definition) is 2. The lowest BCUT2D eigenvalue weighted by molar-refractivity contribution is -0.141. The summed E-state index contributed by atoms with van der Waals surface area (Å²) in [6, 6.07) is -0.225. The second-order valence-corrected chi connectivity index (χ2v) is 3.27. The summed E-state index contributed by atoms with van der Waals surface area (Å²) in [5, 5.41) is 13.8. The molecular formula is C8H14N2O3. The van der Waals surface area contributed by atoms with Crippen LogP contribution in [0.15, 0.2) is 0 Å². The van der Waals surface area contributed by atoms with Gasteiger partial charge in [-0.1, -0.05) is 0 Å². The fourth-order valence-electron chi connectivity index (χ4n) is 1.59. The van der Waals surface area contributed by atoms with Crippen LogP contribution >= 0.6 is 0 Å². The Bertz CT molecular complexity index is 217. The molecule has 0 saturated heterocycles. The quantitative estimate of drug-likeness (QED) is 0.575. The first-order valence-electron chi connectivity index (χ1n) is 4.34. The van der Waals surface area contributed by atoms with Gasteiger partial charge in [0.1, 0.15) is 0 Å². The highest BCUT2D eigenvalue weighted by molar-refractivity contribution is 5.74. The average Bonchev–Trinajstić information content (AvgIpc) is 2.52. The van der Waals surface area contributed by atoms with Crippen molar-refractivity contribution in [2.24, 2.45) is 5.92 Å². The predicted molar refractivity (Wildman–Crippen MR) is 46.4 cm³/mol. The van der Waals surface area contributed by atoms with Gasteiger partial charge in [-0.3, -0.25) is 4.79 Å². The highest BCUT2D eigenvalue weighted by atomic mass is 16.4. The molecule has 0 aromatic rings. The third-order valence-electron chi connectivity index (χ3n) is 2.34. The maximum atomic E-state index is 10.9. The van der Waals surface area contributed by atoms with Crippen LogP contribution in [-0.4, -0.2) is 30.2 Å². The van der Waals surface area contributed by atoms with Crippen molar-refractivity contribution in [3.05, 3.63) is 0 Å². The predicted octanol–water partition coefficient (Wildman–Crippen LogP) is 0.169. The molecule has 0 heterocycles. The molecule has 1 aliphatic rings. The largest absolute Gasteiger partial charge is 0.481 e. The molecule has 3 N–H and O–H groups in total. The van der Waals surface area contributed by atoms with Gasteiger partial charge in [0.2, 0.25) is 0 Å². The molecule has 0 radical (unpaired) electrons. The van der Waals surface area contributed by atoms with E-state index in [9.17, 15) is 9.59 Å². The van der Waals surface area contributed by atoms with Crippen molar-refractivity contribution < 1.29 is 14.7 Å². The number of carboxylic acid groups (broad SMARTS) is 1. The van der Waals surface area contributed by atoms with E-state index in [1.807, 2.05) is 0 Å². The molecule has 0 bridgehead atoms. The Morgan fingerprint density at radius 2 is 2.08 bits per heavy atom. The van der Waals surface area contributed by atoms with Crippen molar-refractivity contribution in [2.45, 2.75) is 25.3 Å². The lowest BCUT2D eigenvalue weighted by atomic mass is 10.1. The number of urea groups is 1. The highest BCUT2D eigenvalue weighted by Crippen LogP contribution is 2.25. The zero-order chi connectivity index (χ0) is 9.84. The summed E-state index contributed by atoms with van der Waals surface area (Å²) in [4.78, 5) is 21.4. The summed E-state index contributed by atoms with van der Waals surface area (Å²) in [6.07, 6.45) is 1.96. The molecule has 1 fully saturated rings. The van der Waals surface area contributed by atoms with Gasteiger partial charge in [-0.15, -0.1) is 0 Å². The van der Waals surface area contributed by atoms with E-state index < -0.39 is 5.97 Å². The maximum absolute atomic E-state index is 10.9.